The van der Waals surface area contributed by atoms with Crippen LogP contribution in [0.15, 0.2) is 18.2 Å². The van der Waals surface area contributed by atoms with E-state index in [-0.39, 0.29) is 6.04 Å². The van der Waals surface area contributed by atoms with E-state index in [1.807, 2.05) is 18.2 Å². The van der Waals surface area contributed by atoms with Crippen molar-refractivity contribution in [1.29, 1.82) is 0 Å². The molecule has 18 heavy (non-hydrogen) atoms. The van der Waals surface area contributed by atoms with Gasteiger partial charge in [-0.05, 0) is 38.2 Å². The van der Waals surface area contributed by atoms with Crippen molar-refractivity contribution in [1.82, 2.24) is 4.90 Å². The molecule has 0 aliphatic carbocycles. The summed E-state index contributed by atoms with van der Waals surface area (Å²) in [6.45, 7) is 3.72. The van der Waals surface area contributed by atoms with Crippen molar-refractivity contribution in [2.75, 3.05) is 34.4 Å². The lowest BCUT2D eigenvalue weighted by Crippen LogP contribution is -2.31. The van der Waals surface area contributed by atoms with E-state index in [0.29, 0.717) is 6.54 Å². The van der Waals surface area contributed by atoms with Crippen molar-refractivity contribution in [3.05, 3.63) is 23.8 Å². The minimum atomic E-state index is 0.148. The van der Waals surface area contributed by atoms with Crippen LogP contribution in [0.5, 0.6) is 11.5 Å². The maximum atomic E-state index is 5.91. The highest BCUT2D eigenvalue weighted by atomic mass is 16.5. The molecule has 1 atom stereocenters. The van der Waals surface area contributed by atoms with E-state index in [0.717, 1.165) is 30.0 Å². The topological polar surface area (TPSA) is 47.7 Å². The average molecular weight is 252 g/mol. The first-order valence-electron chi connectivity index (χ1n) is 6.30. The van der Waals surface area contributed by atoms with Gasteiger partial charge in [0.2, 0.25) is 0 Å². The van der Waals surface area contributed by atoms with Gasteiger partial charge in [0.25, 0.3) is 0 Å². The predicted molar refractivity (Wildman–Crippen MR) is 74.3 cm³/mol. The van der Waals surface area contributed by atoms with E-state index in [4.69, 9.17) is 15.2 Å². The van der Waals surface area contributed by atoms with E-state index in [9.17, 15) is 0 Å². The highest BCUT2D eigenvalue weighted by molar-refractivity contribution is 5.42. The van der Waals surface area contributed by atoms with E-state index in [1.165, 1.54) is 0 Å². The zero-order valence-electron chi connectivity index (χ0n) is 11.8. The monoisotopic (exact) mass is 252 g/mol. The van der Waals surface area contributed by atoms with E-state index in [1.54, 1.807) is 14.2 Å². The lowest BCUT2D eigenvalue weighted by molar-refractivity contribution is 0.244. The minimum absolute atomic E-state index is 0.148. The minimum Gasteiger partial charge on any atom is -0.497 e. The van der Waals surface area contributed by atoms with Crippen LogP contribution in [0.1, 0.15) is 24.9 Å². The number of methoxy groups -OCH3 is 2. The SMILES string of the molecule is CCCN(C)C(CN)c1cc(OC)ccc1OC. The van der Waals surface area contributed by atoms with Crippen molar-refractivity contribution in [3.8, 4) is 11.5 Å². The van der Waals surface area contributed by atoms with E-state index >= 15 is 0 Å². The van der Waals surface area contributed by atoms with Crippen LogP contribution in [0, 0.1) is 0 Å². The van der Waals surface area contributed by atoms with Crippen LogP contribution < -0.4 is 15.2 Å². The molecule has 0 aliphatic rings. The average Bonchev–Trinajstić information content (AvgIpc) is 2.39. The molecule has 0 aromatic heterocycles. The standard InChI is InChI=1S/C14H24N2O2/c1-5-8-16(2)13(10-15)12-9-11(17-3)6-7-14(12)18-4/h6-7,9,13H,5,8,10,15H2,1-4H3. The van der Waals surface area contributed by atoms with Gasteiger partial charge in [0.15, 0.2) is 0 Å². The van der Waals surface area contributed by atoms with Crippen LogP contribution in [0.4, 0.5) is 0 Å². The Morgan fingerprint density at radius 2 is 2.00 bits per heavy atom. The Morgan fingerprint density at radius 3 is 2.50 bits per heavy atom. The third-order valence-corrected chi connectivity index (χ3v) is 3.13. The molecule has 1 rings (SSSR count). The van der Waals surface area contributed by atoms with E-state index < -0.39 is 0 Å². The van der Waals surface area contributed by atoms with Crippen molar-refractivity contribution < 1.29 is 9.47 Å². The molecule has 0 saturated heterocycles. The smallest absolute Gasteiger partial charge is 0.123 e. The van der Waals surface area contributed by atoms with Crippen LogP contribution in [-0.2, 0) is 0 Å². The fraction of sp³-hybridized carbons (Fsp3) is 0.571. The van der Waals surface area contributed by atoms with Gasteiger partial charge in [0.05, 0.1) is 20.3 Å². The Hall–Kier alpha value is -1.26. The zero-order valence-corrected chi connectivity index (χ0v) is 11.8. The van der Waals surface area contributed by atoms with Crippen LogP contribution >= 0.6 is 0 Å². The molecule has 2 N–H and O–H groups in total. The first kappa shape index (κ1) is 14.8. The summed E-state index contributed by atoms with van der Waals surface area (Å²) in [7, 11) is 5.43. The van der Waals surface area contributed by atoms with Gasteiger partial charge in [0, 0.05) is 12.1 Å². The van der Waals surface area contributed by atoms with Gasteiger partial charge in [-0.3, -0.25) is 4.90 Å². The van der Waals surface area contributed by atoms with Crippen LogP contribution in [-0.4, -0.2) is 39.3 Å². The van der Waals surface area contributed by atoms with Gasteiger partial charge in [-0.25, -0.2) is 0 Å². The van der Waals surface area contributed by atoms with E-state index in [2.05, 4.69) is 18.9 Å². The summed E-state index contributed by atoms with van der Waals surface area (Å²) in [6.07, 6.45) is 1.10. The molecule has 1 aromatic carbocycles. The molecular weight excluding hydrogens is 228 g/mol. The number of nitrogens with zero attached hydrogens (tertiary/aromatic N) is 1. The summed E-state index contributed by atoms with van der Waals surface area (Å²) < 4.78 is 10.7. The van der Waals surface area contributed by atoms with Crippen molar-refractivity contribution in [2.24, 2.45) is 5.73 Å². The fourth-order valence-corrected chi connectivity index (χ4v) is 2.15. The molecule has 1 aromatic rings. The molecule has 1 unspecified atom stereocenters. The molecule has 0 amide bonds. The fourth-order valence-electron chi connectivity index (χ4n) is 2.15. The summed E-state index contributed by atoms with van der Waals surface area (Å²) >= 11 is 0. The number of rotatable bonds is 7. The lowest BCUT2D eigenvalue weighted by atomic mass is 10.0. The van der Waals surface area contributed by atoms with Crippen LogP contribution in [0.2, 0.25) is 0 Å². The Bertz CT molecular complexity index is 369. The Balaban J connectivity index is 3.09. The van der Waals surface area contributed by atoms with Crippen molar-refractivity contribution in [3.63, 3.8) is 0 Å². The van der Waals surface area contributed by atoms with Gasteiger partial charge >= 0.3 is 0 Å². The lowest BCUT2D eigenvalue weighted by Gasteiger charge is -2.28. The molecule has 0 saturated carbocycles. The number of ether oxygens (including phenoxy) is 2. The Morgan fingerprint density at radius 1 is 1.28 bits per heavy atom. The highest BCUT2D eigenvalue weighted by Gasteiger charge is 2.19. The molecule has 4 heteroatoms. The quantitative estimate of drug-likeness (QED) is 0.807. The van der Waals surface area contributed by atoms with Gasteiger partial charge in [-0.2, -0.15) is 0 Å². The summed E-state index contributed by atoms with van der Waals surface area (Å²) in [6, 6.07) is 5.98. The van der Waals surface area contributed by atoms with Gasteiger partial charge in [-0.15, -0.1) is 0 Å². The van der Waals surface area contributed by atoms with Crippen molar-refractivity contribution >= 4 is 0 Å². The zero-order chi connectivity index (χ0) is 13.5. The number of likely N-dealkylation sites (N-methyl/N-ethyl adjacent to an activating group) is 1. The second-order valence-corrected chi connectivity index (χ2v) is 4.34. The second-order valence-electron chi connectivity index (χ2n) is 4.34. The largest absolute Gasteiger partial charge is 0.497 e. The van der Waals surface area contributed by atoms with Gasteiger partial charge < -0.3 is 15.2 Å². The Kier molecular flexibility index (Phi) is 5.95. The molecular formula is C14H24N2O2. The summed E-state index contributed by atoms with van der Waals surface area (Å²) in [5.41, 5.74) is 6.99. The first-order valence-corrected chi connectivity index (χ1v) is 6.30. The maximum Gasteiger partial charge on any atom is 0.123 e. The van der Waals surface area contributed by atoms with Gasteiger partial charge in [-0.1, -0.05) is 6.92 Å². The summed E-state index contributed by atoms with van der Waals surface area (Å²) in [5.74, 6) is 1.68. The third-order valence-electron chi connectivity index (χ3n) is 3.13. The normalized spacial score (nSPS) is 12.6. The number of hydrogen-bond donors (Lipinski definition) is 1. The summed E-state index contributed by atoms with van der Waals surface area (Å²) in [4.78, 5) is 2.25. The van der Waals surface area contributed by atoms with Crippen LogP contribution in [0.3, 0.4) is 0 Å². The first-order chi connectivity index (χ1) is 8.67. The predicted octanol–water partition coefficient (Wildman–Crippen LogP) is 2.05. The molecule has 0 fully saturated rings. The number of hydrogen-bond acceptors (Lipinski definition) is 4. The molecule has 0 bridgehead atoms. The maximum absolute atomic E-state index is 5.91. The number of benzene rings is 1. The molecule has 0 radical (unpaired) electrons. The second kappa shape index (κ2) is 7.24. The molecule has 0 aliphatic heterocycles. The van der Waals surface area contributed by atoms with Crippen LogP contribution in [0.25, 0.3) is 0 Å². The summed E-state index contributed by atoms with van der Waals surface area (Å²) in [5, 5.41) is 0. The third kappa shape index (κ3) is 3.37. The van der Waals surface area contributed by atoms with Gasteiger partial charge in [0.1, 0.15) is 11.5 Å². The Labute approximate surface area is 110 Å². The van der Waals surface area contributed by atoms with Crippen molar-refractivity contribution in [2.45, 2.75) is 19.4 Å². The highest BCUT2D eigenvalue weighted by Crippen LogP contribution is 2.31. The molecule has 4 nitrogen and oxygen atoms in total. The molecule has 0 spiro atoms. The molecule has 102 valence electrons. The number of nitrogens with two attached hydrogens (primary N) is 1. The molecule has 0 heterocycles.